The molecule has 1 aromatic rings. The van der Waals surface area contributed by atoms with Crippen LogP contribution in [0.1, 0.15) is 25.8 Å². The highest BCUT2D eigenvalue weighted by atomic mass is 16.3. The second-order valence-corrected chi connectivity index (χ2v) is 3.74. The molecule has 0 saturated heterocycles. The predicted octanol–water partition coefficient (Wildman–Crippen LogP) is 0.945. The van der Waals surface area contributed by atoms with Crippen LogP contribution in [0.25, 0.3) is 0 Å². The molecule has 0 aliphatic heterocycles. The summed E-state index contributed by atoms with van der Waals surface area (Å²) in [5.74, 6) is 0.591. The molecule has 16 heavy (non-hydrogen) atoms. The Morgan fingerprint density at radius 3 is 2.88 bits per heavy atom. The number of aromatic nitrogens is 2. The highest BCUT2D eigenvalue weighted by Crippen LogP contribution is 2.17. The molecule has 0 radical (unpaired) electrons. The van der Waals surface area contributed by atoms with E-state index >= 15 is 0 Å². The fraction of sp³-hybridized carbons (Fsp3) is 0.545. The molecular formula is C11H16N4O. The Balaban J connectivity index is 2.97. The lowest BCUT2D eigenvalue weighted by atomic mass is 10.2. The first-order chi connectivity index (χ1) is 7.70. The van der Waals surface area contributed by atoms with E-state index in [1.807, 2.05) is 18.7 Å². The van der Waals surface area contributed by atoms with Gasteiger partial charge >= 0.3 is 0 Å². The third-order valence-corrected chi connectivity index (χ3v) is 2.27. The van der Waals surface area contributed by atoms with Gasteiger partial charge in [0.05, 0.1) is 11.8 Å². The zero-order chi connectivity index (χ0) is 12.0. The molecule has 0 unspecified atom stereocenters. The zero-order valence-corrected chi connectivity index (χ0v) is 9.59. The Kier molecular flexibility index (Phi) is 4.67. The minimum atomic E-state index is 0.130. The molecule has 5 nitrogen and oxygen atoms in total. The third kappa shape index (κ3) is 2.91. The SMILES string of the molecule is CC(C)N(CCCO)c1nnccc1C#N. The van der Waals surface area contributed by atoms with Crippen LogP contribution < -0.4 is 4.90 Å². The van der Waals surface area contributed by atoms with Gasteiger partial charge in [-0.3, -0.25) is 0 Å². The fourth-order valence-electron chi connectivity index (χ4n) is 1.47. The third-order valence-electron chi connectivity index (χ3n) is 2.27. The average molecular weight is 220 g/mol. The van der Waals surface area contributed by atoms with E-state index in [0.717, 1.165) is 0 Å². The van der Waals surface area contributed by atoms with Crippen molar-refractivity contribution in [2.45, 2.75) is 26.3 Å². The van der Waals surface area contributed by atoms with Crippen LogP contribution in [-0.2, 0) is 0 Å². The minimum Gasteiger partial charge on any atom is -0.396 e. The summed E-state index contributed by atoms with van der Waals surface area (Å²) < 4.78 is 0. The van der Waals surface area contributed by atoms with Crippen molar-refractivity contribution in [2.24, 2.45) is 0 Å². The van der Waals surface area contributed by atoms with Crippen molar-refractivity contribution in [1.82, 2.24) is 10.2 Å². The quantitative estimate of drug-likeness (QED) is 0.799. The minimum absolute atomic E-state index is 0.130. The molecular weight excluding hydrogens is 204 g/mol. The summed E-state index contributed by atoms with van der Waals surface area (Å²) in [5.41, 5.74) is 0.515. The topological polar surface area (TPSA) is 73.0 Å². The van der Waals surface area contributed by atoms with Gasteiger partial charge in [-0.25, -0.2) is 0 Å². The van der Waals surface area contributed by atoms with Crippen molar-refractivity contribution in [1.29, 1.82) is 5.26 Å². The van der Waals surface area contributed by atoms with Crippen LogP contribution in [0, 0.1) is 11.3 Å². The van der Waals surface area contributed by atoms with Gasteiger partial charge in [-0.2, -0.15) is 10.4 Å². The van der Waals surface area contributed by atoms with Gasteiger partial charge < -0.3 is 10.0 Å². The lowest BCUT2D eigenvalue weighted by Crippen LogP contribution is -2.33. The van der Waals surface area contributed by atoms with E-state index < -0.39 is 0 Å². The maximum absolute atomic E-state index is 8.98. The van der Waals surface area contributed by atoms with Crippen molar-refractivity contribution in [3.05, 3.63) is 17.8 Å². The van der Waals surface area contributed by atoms with Crippen LogP contribution in [0.15, 0.2) is 12.3 Å². The van der Waals surface area contributed by atoms with Gasteiger partial charge in [0.1, 0.15) is 6.07 Å². The van der Waals surface area contributed by atoms with Gasteiger partial charge in [0, 0.05) is 19.2 Å². The van der Waals surface area contributed by atoms with E-state index in [9.17, 15) is 0 Å². The molecule has 5 heteroatoms. The van der Waals surface area contributed by atoms with Crippen LogP contribution in [0.3, 0.4) is 0 Å². The Bertz CT molecular complexity index is 372. The summed E-state index contributed by atoms with van der Waals surface area (Å²) in [6.07, 6.45) is 2.16. The maximum atomic E-state index is 8.98. The second kappa shape index (κ2) is 6.03. The van der Waals surface area contributed by atoms with E-state index in [-0.39, 0.29) is 12.6 Å². The Morgan fingerprint density at radius 1 is 1.56 bits per heavy atom. The van der Waals surface area contributed by atoms with Crippen molar-refractivity contribution in [3.8, 4) is 6.07 Å². The van der Waals surface area contributed by atoms with Crippen molar-refractivity contribution in [2.75, 3.05) is 18.1 Å². The van der Waals surface area contributed by atoms with Crippen molar-refractivity contribution >= 4 is 5.82 Å². The number of anilines is 1. The van der Waals surface area contributed by atoms with Gasteiger partial charge in [0.15, 0.2) is 5.82 Å². The van der Waals surface area contributed by atoms with Crippen LogP contribution in [0.2, 0.25) is 0 Å². The summed E-state index contributed by atoms with van der Waals surface area (Å²) in [4.78, 5) is 1.97. The van der Waals surface area contributed by atoms with Crippen LogP contribution in [-0.4, -0.2) is 34.5 Å². The summed E-state index contributed by atoms with van der Waals surface area (Å²) in [6, 6.07) is 3.97. The van der Waals surface area contributed by atoms with Gasteiger partial charge in [0.2, 0.25) is 0 Å². The van der Waals surface area contributed by atoms with Crippen LogP contribution in [0.4, 0.5) is 5.82 Å². The number of hydrogen-bond donors (Lipinski definition) is 1. The number of nitrogens with zero attached hydrogens (tertiary/aromatic N) is 4. The van der Waals surface area contributed by atoms with Crippen LogP contribution in [0.5, 0.6) is 0 Å². The van der Waals surface area contributed by atoms with Gasteiger partial charge in [-0.1, -0.05) is 0 Å². The lowest BCUT2D eigenvalue weighted by molar-refractivity contribution is 0.288. The molecule has 0 aliphatic rings. The molecule has 0 aromatic carbocycles. The molecule has 0 bridgehead atoms. The van der Waals surface area contributed by atoms with Gasteiger partial charge in [-0.15, -0.1) is 5.10 Å². The maximum Gasteiger partial charge on any atom is 0.169 e. The molecule has 0 aliphatic carbocycles. The normalized spacial score (nSPS) is 10.2. The molecule has 0 fully saturated rings. The average Bonchev–Trinajstić information content (AvgIpc) is 2.29. The highest BCUT2D eigenvalue weighted by molar-refractivity contribution is 5.52. The summed E-state index contributed by atoms with van der Waals surface area (Å²) in [6.45, 7) is 4.84. The lowest BCUT2D eigenvalue weighted by Gasteiger charge is -2.27. The predicted molar refractivity (Wildman–Crippen MR) is 60.9 cm³/mol. The molecule has 0 amide bonds. The standard InChI is InChI=1S/C11H16N4O/c1-9(2)15(6-3-7-16)11-10(8-12)4-5-13-14-11/h4-5,9,16H,3,6-7H2,1-2H3. The van der Waals surface area contributed by atoms with E-state index in [1.54, 1.807) is 6.07 Å². The molecule has 0 saturated carbocycles. The first-order valence-corrected chi connectivity index (χ1v) is 5.30. The fourth-order valence-corrected chi connectivity index (χ4v) is 1.47. The first-order valence-electron chi connectivity index (χ1n) is 5.30. The molecule has 86 valence electrons. The van der Waals surface area contributed by atoms with Crippen LogP contribution >= 0.6 is 0 Å². The van der Waals surface area contributed by atoms with Gasteiger partial charge in [-0.05, 0) is 26.3 Å². The number of rotatable bonds is 5. The molecule has 0 spiro atoms. The Hall–Kier alpha value is -1.67. The molecule has 1 aromatic heterocycles. The number of nitriles is 1. The molecule has 0 atom stereocenters. The Labute approximate surface area is 95.3 Å². The van der Waals surface area contributed by atoms with E-state index in [2.05, 4.69) is 16.3 Å². The first kappa shape index (κ1) is 12.4. The van der Waals surface area contributed by atoms with Crippen molar-refractivity contribution in [3.63, 3.8) is 0 Å². The molecule has 1 heterocycles. The smallest absolute Gasteiger partial charge is 0.169 e. The van der Waals surface area contributed by atoms with E-state index in [4.69, 9.17) is 10.4 Å². The monoisotopic (exact) mass is 220 g/mol. The van der Waals surface area contributed by atoms with E-state index in [1.165, 1.54) is 6.20 Å². The largest absolute Gasteiger partial charge is 0.396 e. The summed E-state index contributed by atoms with van der Waals surface area (Å²) in [7, 11) is 0. The number of aliphatic hydroxyl groups excluding tert-OH is 1. The second-order valence-electron chi connectivity index (χ2n) is 3.74. The van der Waals surface area contributed by atoms with Crippen molar-refractivity contribution < 1.29 is 5.11 Å². The molecule has 1 rings (SSSR count). The van der Waals surface area contributed by atoms with Gasteiger partial charge in [0.25, 0.3) is 0 Å². The molecule has 1 N–H and O–H groups in total. The number of aliphatic hydroxyl groups is 1. The Morgan fingerprint density at radius 2 is 2.31 bits per heavy atom. The summed E-state index contributed by atoms with van der Waals surface area (Å²) >= 11 is 0. The number of hydrogen-bond acceptors (Lipinski definition) is 5. The highest BCUT2D eigenvalue weighted by Gasteiger charge is 2.15. The van der Waals surface area contributed by atoms with E-state index in [0.29, 0.717) is 24.3 Å². The zero-order valence-electron chi connectivity index (χ0n) is 9.59. The summed E-state index contributed by atoms with van der Waals surface area (Å²) in [5, 5.41) is 25.6.